The Morgan fingerprint density at radius 1 is 1.28 bits per heavy atom. The summed E-state index contributed by atoms with van der Waals surface area (Å²) >= 11 is 0. The third-order valence-corrected chi connectivity index (χ3v) is 2.76. The molecule has 2 nitrogen and oxygen atoms in total. The minimum absolute atomic E-state index is 0.181. The number of rotatable bonds is 4. The van der Waals surface area contributed by atoms with Crippen LogP contribution in [0.15, 0.2) is 30.3 Å². The summed E-state index contributed by atoms with van der Waals surface area (Å²) in [7, 11) is 1.57. The number of hydrogen-bond acceptors (Lipinski definition) is 1. The maximum Gasteiger partial charge on any atom is 0.389 e. The fourth-order valence-electron chi connectivity index (χ4n) is 1.61. The van der Waals surface area contributed by atoms with Crippen molar-refractivity contribution in [3.63, 3.8) is 0 Å². The molecule has 0 saturated heterocycles. The smallest absolute Gasteiger partial charge is 0.315 e. The third kappa shape index (κ3) is 4.39. The van der Waals surface area contributed by atoms with Crippen LogP contribution in [0.5, 0.6) is 0 Å². The van der Waals surface area contributed by atoms with E-state index in [-0.39, 0.29) is 12.3 Å². The molecule has 1 amide bonds. The zero-order chi connectivity index (χ0) is 13.8. The van der Waals surface area contributed by atoms with Crippen molar-refractivity contribution in [3.8, 4) is 0 Å². The SMILES string of the molecule is CC(CCC(F)(F)F)C(=O)N(C)c1ccccc1. The van der Waals surface area contributed by atoms with Gasteiger partial charge in [0, 0.05) is 25.1 Å². The van der Waals surface area contributed by atoms with Crippen molar-refractivity contribution < 1.29 is 18.0 Å². The molecule has 100 valence electrons. The van der Waals surface area contributed by atoms with Crippen LogP contribution in [-0.2, 0) is 4.79 Å². The van der Waals surface area contributed by atoms with E-state index in [1.54, 1.807) is 31.3 Å². The molecule has 1 aromatic rings. The second-order valence-corrected chi connectivity index (χ2v) is 4.29. The molecule has 5 heteroatoms. The second kappa shape index (κ2) is 5.89. The lowest BCUT2D eigenvalue weighted by Crippen LogP contribution is -2.32. The Bertz CT molecular complexity index is 389. The summed E-state index contributed by atoms with van der Waals surface area (Å²) in [5.74, 6) is -0.942. The lowest BCUT2D eigenvalue weighted by Gasteiger charge is -2.21. The molecule has 0 radical (unpaired) electrons. The van der Waals surface area contributed by atoms with Crippen LogP contribution in [0.2, 0.25) is 0 Å². The van der Waals surface area contributed by atoms with E-state index in [9.17, 15) is 18.0 Å². The zero-order valence-electron chi connectivity index (χ0n) is 10.4. The number of para-hydroxylation sites is 1. The van der Waals surface area contributed by atoms with Crippen molar-refractivity contribution in [2.75, 3.05) is 11.9 Å². The Balaban J connectivity index is 2.59. The predicted molar refractivity (Wildman–Crippen MR) is 64.3 cm³/mol. The maximum atomic E-state index is 12.1. The molecule has 0 heterocycles. The van der Waals surface area contributed by atoms with Crippen LogP contribution in [0, 0.1) is 5.92 Å². The van der Waals surface area contributed by atoms with E-state index >= 15 is 0 Å². The Hall–Kier alpha value is -1.52. The van der Waals surface area contributed by atoms with Gasteiger partial charge in [-0.15, -0.1) is 0 Å². The van der Waals surface area contributed by atoms with Gasteiger partial charge in [-0.05, 0) is 18.6 Å². The normalized spacial score (nSPS) is 13.2. The summed E-state index contributed by atoms with van der Waals surface area (Å²) < 4.78 is 36.2. The van der Waals surface area contributed by atoms with E-state index in [4.69, 9.17) is 0 Å². The number of carbonyl (C=O) groups is 1. The highest BCUT2D eigenvalue weighted by Gasteiger charge is 2.29. The van der Waals surface area contributed by atoms with E-state index in [1.807, 2.05) is 6.07 Å². The number of anilines is 1. The van der Waals surface area contributed by atoms with Crippen molar-refractivity contribution in [2.45, 2.75) is 25.9 Å². The lowest BCUT2D eigenvalue weighted by atomic mass is 10.0. The van der Waals surface area contributed by atoms with Gasteiger partial charge in [0.1, 0.15) is 0 Å². The largest absolute Gasteiger partial charge is 0.389 e. The van der Waals surface area contributed by atoms with Crippen LogP contribution in [0.1, 0.15) is 19.8 Å². The van der Waals surface area contributed by atoms with E-state index in [2.05, 4.69) is 0 Å². The van der Waals surface area contributed by atoms with Gasteiger partial charge in [-0.1, -0.05) is 25.1 Å². The van der Waals surface area contributed by atoms with E-state index < -0.39 is 18.5 Å². The van der Waals surface area contributed by atoms with Gasteiger partial charge in [0.2, 0.25) is 5.91 Å². The molecule has 0 aromatic heterocycles. The summed E-state index contributed by atoms with van der Waals surface area (Å²) in [5, 5.41) is 0. The third-order valence-electron chi connectivity index (χ3n) is 2.76. The Morgan fingerprint density at radius 2 is 1.83 bits per heavy atom. The minimum atomic E-state index is -4.21. The highest BCUT2D eigenvalue weighted by Crippen LogP contribution is 2.25. The molecule has 1 aromatic carbocycles. The fraction of sp³-hybridized carbons (Fsp3) is 0.462. The highest BCUT2D eigenvalue weighted by atomic mass is 19.4. The van der Waals surface area contributed by atoms with Gasteiger partial charge in [0.15, 0.2) is 0 Å². The van der Waals surface area contributed by atoms with Gasteiger partial charge in [-0.2, -0.15) is 13.2 Å². The quantitative estimate of drug-likeness (QED) is 0.808. The summed E-state index contributed by atoms with van der Waals surface area (Å²) in [6.07, 6.45) is -5.32. The topological polar surface area (TPSA) is 20.3 Å². The first-order valence-corrected chi connectivity index (χ1v) is 5.70. The molecule has 1 unspecified atom stereocenters. The molecule has 1 atom stereocenters. The number of amides is 1. The Labute approximate surface area is 104 Å². The van der Waals surface area contributed by atoms with Crippen molar-refractivity contribution in [1.82, 2.24) is 0 Å². The number of hydrogen-bond donors (Lipinski definition) is 0. The van der Waals surface area contributed by atoms with Crippen LogP contribution < -0.4 is 4.90 Å². The molecule has 0 aliphatic rings. The molecule has 0 aliphatic heterocycles. The van der Waals surface area contributed by atoms with E-state index in [0.717, 1.165) is 0 Å². The van der Waals surface area contributed by atoms with Crippen LogP contribution in [0.3, 0.4) is 0 Å². The minimum Gasteiger partial charge on any atom is -0.315 e. The van der Waals surface area contributed by atoms with Crippen LogP contribution in [0.4, 0.5) is 18.9 Å². The highest BCUT2D eigenvalue weighted by molar-refractivity contribution is 5.94. The number of halogens is 3. The monoisotopic (exact) mass is 259 g/mol. The molecule has 0 bridgehead atoms. The van der Waals surface area contributed by atoms with E-state index in [1.165, 1.54) is 11.8 Å². The van der Waals surface area contributed by atoms with Crippen LogP contribution >= 0.6 is 0 Å². The molecule has 1 rings (SSSR count). The van der Waals surface area contributed by atoms with Gasteiger partial charge in [-0.25, -0.2) is 0 Å². The van der Waals surface area contributed by atoms with Crippen LogP contribution in [0.25, 0.3) is 0 Å². The first kappa shape index (κ1) is 14.5. The number of nitrogens with zero attached hydrogens (tertiary/aromatic N) is 1. The molecule has 0 aliphatic carbocycles. The average molecular weight is 259 g/mol. The van der Waals surface area contributed by atoms with Crippen molar-refractivity contribution in [2.24, 2.45) is 5.92 Å². The van der Waals surface area contributed by atoms with Crippen molar-refractivity contribution >= 4 is 11.6 Å². The summed E-state index contributed by atoms with van der Waals surface area (Å²) in [6.45, 7) is 1.52. The number of benzene rings is 1. The summed E-state index contributed by atoms with van der Waals surface area (Å²) in [6, 6.07) is 8.86. The van der Waals surface area contributed by atoms with Gasteiger partial charge >= 0.3 is 6.18 Å². The van der Waals surface area contributed by atoms with Gasteiger partial charge in [0.05, 0.1) is 0 Å². The molecular weight excluding hydrogens is 243 g/mol. The summed E-state index contributed by atoms with van der Waals surface area (Å²) in [4.78, 5) is 13.3. The van der Waals surface area contributed by atoms with Gasteiger partial charge in [-0.3, -0.25) is 4.79 Å². The first-order chi connectivity index (χ1) is 8.31. The molecule has 0 N–H and O–H groups in total. The van der Waals surface area contributed by atoms with Crippen molar-refractivity contribution in [3.05, 3.63) is 30.3 Å². The van der Waals surface area contributed by atoms with E-state index in [0.29, 0.717) is 5.69 Å². The second-order valence-electron chi connectivity index (χ2n) is 4.29. The number of alkyl halides is 3. The zero-order valence-corrected chi connectivity index (χ0v) is 10.4. The van der Waals surface area contributed by atoms with Gasteiger partial charge < -0.3 is 4.90 Å². The molecule has 18 heavy (non-hydrogen) atoms. The molecule has 0 saturated carbocycles. The Kier molecular flexibility index (Phi) is 4.76. The summed E-state index contributed by atoms with van der Waals surface area (Å²) in [5.41, 5.74) is 0.682. The lowest BCUT2D eigenvalue weighted by molar-refractivity contribution is -0.139. The predicted octanol–water partition coefficient (Wildman–Crippen LogP) is 3.63. The molecule has 0 fully saturated rings. The first-order valence-electron chi connectivity index (χ1n) is 5.70. The fourth-order valence-corrected chi connectivity index (χ4v) is 1.61. The maximum absolute atomic E-state index is 12.1. The Morgan fingerprint density at radius 3 is 2.33 bits per heavy atom. The molecule has 0 spiro atoms. The van der Waals surface area contributed by atoms with Gasteiger partial charge in [0.25, 0.3) is 0 Å². The van der Waals surface area contributed by atoms with Crippen molar-refractivity contribution in [1.29, 1.82) is 0 Å². The standard InChI is InChI=1S/C13H16F3NO/c1-10(8-9-13(14,15)16)12(18)17(2)11-6-4-3-5-7-11/h3-7,10H,8-9H2,1-2H3. The van der Waals surface area contributed by atoms with Crippen LogP contribution in [-0.4, -0.2) is 19.1 Å². The average Bonchev–Trinajstić information content (AvgIpc) is 2.34. The molecular formula is C13H16F3NO. The number of carbonyl (C=O) groups excluding carboxylic acids is 1.